The summed E-state index contributed by atoms with van der Waals surface area (Å²) in [5, 5.41) is 3.27. The van der Waals surface area contributed by atoms with Gasteiger partial charge >= 0.3 is 6.09 Å². The van der Waals surface area contributed by atoms with Gasteiger partial charge in [0.15, 0.2) is 11.6 Å². The molecule has 0 bridgehead atoms. The molecule has 1 amide bonds. The number of benzene rings is 1. The first-order valence-electron chi connectivity index (χ1n) is 7.52. The second-order valence-electron chi connectivity index (χ2n) is 6.43. The lowest BCUT2D eigenvalue weighted by molar-refractivity contribution is 0.0589. The minimum absolute atomic E-state index is 0.0472. The van der Waals surface area contributed by atoms with Crippen molar-refractivity contribution in [3.8, 4) is 0 Å². The first-order valence-corrected chi connectivity index (χ1v) is 8.27. The minimum atomic E-state index is -1.11. The van der Waals surface area contributed by atoms with E-state index >= 15 is 0 Å². The summed E-state index contributed by atoms with van der Waals surface area (Å²) in [6, 6.07) is 3.22. The Labute approximate surface area is 159 Å². The van der Waals surface area contributed by atoms with E-state index in [1.54, 1.807) is 20.8 Å². The summed E-state index contributed by atoms with van der Waals surface area (Å²) in [5.41, 5.74) is -0.626. The number of ether oxygens (including phenoxy) is 1. The van der Waals surface area contributed by atoms with E-state index in [1.807, 2.05) is 0 Å². The van der Waals surface area contributed by atoms with E-state index in [0.29, 0.717) is 5.02 Å². The summed E-state index contributed by atoms with van der Waals surface area (Å²) < 4.78 is 32.7. The molecule has 9 heteroatoms. The van der Waals surface area contributed by atoms with Crippen molar-refractivity contribution < 1.29 is 18.3 Å². The van der Waals surface area contributed by atoms with E-state index in [9.17, 15) is 13.6 Å². The quantitative estimate of drug-likeness (QED) is 0.705. The fourth-order valence-electron chi connectivity index (χ4n) is 1.98. The molecule has 1 heterocycles. The van der Waals surface area contributed by atoms with Crippen LogP contribution < -0.4 is 10.2 Å². The van der Waals surface area contributed by atoms with E-state index in [2.05, 4.69) is 10.3 Å². The number of hydrogen-bond donors (Lipinski definition) is 1. The molecule has 0 spiro atoms. The monoisotopic (exact) mass is 403 g/mol. The summed E-state index contributed by atoms with van der Waals surface area (Å²) in [6.45, 7) is 5.08. The zero-order chi connectivity index (χ0) is 19.6. The largest absolute Gasteiger partial charge is 0.443 e. The van der Waals surface area contributed by atoms with Crippen LogP contribution in [-0.4, -0.2) is 23.7 Å². The van der Waals surface area contributed by atoms with Gasteiger partial charge in [-0.05, 0) is 26.8 Å². The van der Waals surface area contributed by atoms with Crippen LogP contribution in [0.15, 0.2) is 24.4 Å². The highest BCUT2D eigenvalue weighted by atomic mass is 35.5. The minimum Gasteiger partial charge on any atom is -0.443 e. The van der Waals surface area contributed by atoms with Gasteiger partial charge in [0.05, 0.1) is 21.4 Å². The molecule has 1 aromatic heterocycles. The summed E-state index contributed by atoms with van der Waals surface area (Å²) in [5.74, 6) is -2.05. The van der Waals surface area contributed by atoms with E-state index < -0.39 is 23.3 Å². The smallest absolute Gasteiger partial charge is 0.414 e. The number of carbonyl (C=O) groups is 1. The summed E-state index contributed by atoms with van der Waals surface area (Å²) in [4.78, 5) is 17.3. The molecule has 0 fully saturated rings. The van der Waals surface area contributed by atoms with Crippen molar-refractivity contribution in [2.75, 3.05) is 17.3 Å². The fraction of sp³-hybridized carbons (Fsp3) is 0.294. The highest BCUT2D eigenvalue weighted by Crippen LogP contribution is 2.33. The summed E-state index contributed by atoms with van der Waals surface area (Å²) in [6.07, 6.45) is 0.606. The Morgan fingerprint density at radius 3 is 2.38 bits per heavy atom. The lowest BCUT2D eigenvalue weighted by Gasteiger charge is -2.26. The van der Waals surface area contributed by atoms with Gasteiger partial charge in [0.25, 0.3) is 0 Å². The van der Waals surface area contributed by atoms with E-state index in [4.69, 9.17) is 27.9 Å². The molecule has 26 heavy (non-hydrogen) atoms. The van der Waals surface area contributed by atoms with Gasteiger partial charge in [-0.25, -0.2) is 18.6 Å². The van der Waals surface area contributed by atoms with Crippen LogP contribution in [0.4, 0.5) is 30.8 Å². The van der Waals surface area contributed by atoms with E-state index in [-0.39, 0.29) is 22.2 Å². The summed E-state index contributed by atoms with van der Waals surface area (Å²) in [7, 11) is 1.38. The lowest BCUT2D eigenvalue weighted by atomic mass is 10.2. The maximum absolute atomic E-state index is 13.8. The van der Waals surface area contributed by atoms with Gasteiger partial charge in [-0.1, -0.05) is 23.2 Å². The van der Waals surface area contributed by atoms with Crippen LogP contribution in [0.25, 0.3) is 0 Å². The van der Waals surface area contributed by atoms with Gasteiger partial charge in [-0.15, -0.1) is 0 Å². The van der Waals surface area contributed by atoms with Crippen molar-refractivity contribution in [3.05, 3.63) is 46.1 Å². The van der Waals surface area contributed by atoms with Crippen LogP contribution in [0.2, 0.25) is 10.0 Å². The van der Waals surface area contributed by atoms with Crippen molar-refractivity contribution >= 4 is 46.5 Å². The number of pyridine rings is 1. The second kappa shape index (κ2) is 7.63. The van der Waals surface area contributed by atoms with Crippen LogP contribution in [0.5, 0.6) is 0 Å². The first kappa shape index (κ1) is 20.2. The standard InChI is InChI=1S/C17H17Cl2F2N3O2/c1-17(2,3)26-16(25)24(4)14-7-12(21)11(20)6-13(14)23-15-10(19)5-9(18)8-22-15/h5-8H,1-4H3,(H,22,23). The molecular weight excluding hydrogens is 387 g/mol. The molecule has 0 saturated heterocycles. The first-order chi connectivity index (χ1) is 12.0. The number of anilines is 3. The maximum Gasteiger partial charge on any atom is 0.414 e. The van der Waals surface area contributed by atoms with Gasteiger partial charge in [0, 0.05) is 25.4 Å². The second-order valence-corrected chi connectivity index (χ2v) is 7.28. The third-order valence-corrected chi connectivity index (χ3v) is 3.62. The number of hydrogen-bond acceptors (Lipinski definition) is 4. The van der Waals surface area contributed by atoms with Crippen molar-refractivity contribution in [1.29, 1.82) is 0 Å². The van der Waals surface area contributed by atoms with Crippen LogP contribution in [0.1, 0.15) is 20.8 Å². The molecule has 0 saturated carbocycles. The topological polar surface area (TPSA) is 54.5 Å². The summed E-state index contributed by atoms with van der Waals surface area (Å²) >= 11 is 11.8. The Balaban J connectivity index is 2.42. The molecule has 0 radical (unpaired) electrons. The molecule has 1 aromatic carbocycles. The number of amides is 1. The molecule has 0 unspecified atom stereocenters. The number of halogens is 4. The van der Waals surface area contributed by atoms with Gasteiger partial charge in [0.2, 0.25) is 0 Å². The number of nitrogens with zero attached hydrogens (tertiary/aromatic N) is 2. The van der Waals surface area contributed by atoms with Crippen molar-refractivity contribution in [3.63, 3.8) is 0 Å². The van der Waals surface area contributed by atoms with E-state index in [0.717, 1.165) is 17.0 Å². The van der Waals surface area contributed by atoms with Crippen LogP contribution in [-0.2, 0) is 4.74 Å². The average molecular weight is 404 g/mol. The molecule has 140 valence electrons. The Hall–Kier alpha value is -2.12. The number of nitrogens with one attached hydrogen (secondary N) is 1. The normalized spacial score (nSPS) is 11.2. The van der Waals surface area contributed by atoms with Crippen molar-refractivity contribution in [2.45, 2.75) is 26.4 Å². The number of rotatable bonds is 3. The predicted molar refractivity (Wildman–Crippen MR) is 98.5 cm³/mol. The Morgan fingerprint density at radius 2 is 1.81 bits per heavy atom. The molecule has 0 aliphatic heterocycles. The molecule has 5 nitrogen and oxygen atoms in total. The van der Waals surface area contributed by atoms with Crippen LogP contribution >= 0.6 is 23.2 Å². The molecule has 0 aliphatic rings. The van der Waals surface area contributed by atoms with Gasteiger partial charge in [-0.3, -0.25) is 4.90 Å². The molecule has 2 aromatic rings. The van der Waals surface area contributed by atoms with E-state index in [1.165, 1.54) is 19.3 Å². The van der Waals surface area contributed by atoms with Crippen LogP contribution in [0, 0.1) is 11.6 Å². The molecule has 0 aliphatic carbocycles. The van der Waals surface area contributed by atoms with Crippen molar-refractivity contribution in [1.82, 2.24) is 4.98 Å². The Morgan fingerprint density at radius 1 is 1.19 bits per heavy atom. The zero-order valence-corrected chi connectivity index (χ0v) is 16.0. The lowest BCUT2D eigenvalue weighted by Crippen LogP contribution is -2.34. The highest BCUT2D eigenvalue weighted by Gasteiger charge is 2.24. The SMILES string of the molecule is CN(C(=O)OC(C)(C)C)c1cc(F)c(F)cc1Nc1ncc(Cl)cc1Cl. The van der Waals surface area contributed by atoms with Crippen molar-refractivity contribution in [2.24, 2.45) is 0 Å². The van der Waals surface area contributed by atoms with Gasteiger partial charge < -0.3 is 10.1 Å². The predicted octanol–water partition coefficient (Wildman–Crippen LogP) is 5.78. The highest BCUT2D eigenvalue weighted by molar-refractivity contribution is 6.36. The number of carbonyl (C=O) groups excluding carboxylic acids is 1. The fourth-order valence-corrected chi connectivity index (χ4v) is 2.40. The van der Waals surface area contributed by atoms with Gasteiger partial charge in [-0.2, -0.15) is 0 Å². The molecule has 0 atom stereocenters. The maximum atomic E-state index is 13.8. The Bertz CT molecular complexity index is 841. The molecule has 2 rings (SSSR count). The average Bonchev–Trinajstić information content (AvgIpc) is 2.51. The third kappa shape index (κ3) is 4.95. The number of aromatic nitrogens is 1. The Kier molecular flexibility index (Phi) is 5.93. The van der Waals surface area contributed by atoms with Gasteiger partial charge in [0.1, 0.15) is 11.4 Å². The third-order valence-electron chi connectivity index (χ3n) is 3.13. The van der Waals surface area contributed by atoms with Crippen LogP contribution in [0.3, 0.4) is 0 Å². The molecular formula is C17H17Cl2F2N3O2. The molecule has 1 N–H and O–H groups in total. The zero-order valence-electron chi connectivity index (χ0n) is 14.5.